The molecule has 0 spiro atoms. The molecule has 32 heavy (non-hydrogen) atoms. The maximum absolute atomic E-state index is 3.58. The molecule has 0 bridgehead atoms. The number of hydrogen-bond acceptors (Lipinski definition) is 0. The summed E-state index contributed by atoms with van der Waals surface area (Å²) in [5.74, 6) is 0. The molecule has 0 unspecified atom stereocenters. The molecule has 0 heterocycles. The average molecular weight is 579 g/mol. The standard InChI is InChI=1S/C19H25Si2.C5H5.C3H6.2ClH.Zr/c1-20(2,3)16-9-7-14-11-15-8-10-17(21(4,5)6)13-19(15)18(14)12-16;1-2-4-5-3-1;1-3-2;;;/h7,9-10,12-13H,11H2,1-6H3;1-5H;1-2H3;2*1H;/q2*-1;;;;+2/p-2. The number of halogens is 2. The van der Waals surface area contributed by atoms with Gasteiger partial charge in [-0.25, -0.2) is 12.1 Å². The predicted octanol–water partition coefficient (Wildman–Crippen LogP) is 0.307. The Labute approximate surface area is 225 Å². The normalized spacial score (nSPS) is 11.3. The molecule has 0 amide bonds. The van der Waals surface area contributed by atoms with Crippen LogP contribution in [0.25, 0.3) is 11.1 Å². The first-order valence-electron chi connectivity index (χ1n) is 10.8. The summed E-state index contributed by atoms with van der Waals surface area (Å²) in [5.41, 5.74) is 5.79. The minimum Gasteiger partial charge on any atom is -1.00 e. The van der Waals surface area contributed by atoms with Crippen LogP contribution in [0.5, 0.6) is 0 Å². The second-order valence-corrected chi connectivity index (χ2v) is 22.9. The Hall–Kier alpha value is -0.443. The van der Waals surface area contributed by atoms with Crippen LogP contribution in [0, 0.1) is 6.07 Å². The quantitative estimate of drug-likeness (QED) is 0.237. The Morgan fingerprint density at radius 2 is 1.34 bits per heavy atom. The largest absolute Gasteiger partial charge is 1.00 e. The van der Waals surface area contributed by atoms with Gasteiger partial charge in [0.1, 0.15) is 0 Å². The summed E-state index contributed by atoms with van der Waals surface area (Å²) in [4.78, 5) is 0. The van der Waals surface area contributed by atoms with Crippen molar-refractivity contribution in [3.8, 4) is 11.1 Å². The number of benzene rings is 2. The van der Waals surface area contributed by atoms with Gasteiger partial charge in [0, 0.05) is 8.07 Å². The van der Waals surface area contributed by atoms with Crippen molar-refractivity contribution < 1.29 is 49.0 Å². The smallest absolute Gasteiger partial charge is 0.0775 e. The van der Waals surface area contributed by atoms with Crippen molar-refractivity contribution in [1.29, 1.82) is 0 Å². The van der Waals surface area contributed by atoms with E-state index in [9.17, 15) is 0 Å². The summed E-state index contributed by atoms with van der Waals surface area (Å²) < 4.78 is 1.51. The van der Waals surface area contributed by atoms with E-state index in [1.807, 2.05) is 30.3 Å². The molecule has 1 aliphatic carbocycles. The van der Waals surface area contributed by atoms with Gasteiger partial charge in [-0.3, -0.25) is 0 Å². The number of hydrogen-bond donors (Lipinski definition) is 0. The van der Waals surface area contributed by atoms with Gasteiger partial charge in [0.15, 0.2) is 0 Å². The zero-order chi connectivity index (χ0) is 22.5. The van der Waals surface area contributed by atoms with Crippen molar-refractivity contribution in [1.82, 2.24) is 0 Å². The van der Waals surface area contributed by atoms with E-state index in [1.165, 1.54) is 30.6 Å². The van der Waals surface area contributed by atoms with Gasteiger partial charge in [-0.2, -0.15) is 47.1 Å². The minimum absolute atomic E-state index is 0. The molecule has 0 radical (unpaired) electrons. The molecule has 3 aromatic rings. The molecule has 1 aliphatic rings. The van der Waals surface area contributed by atoms with Crippen molar-refractivity contribution in [3.63, 3.8) is 0 Å². The maximum Gasteiger partial charge on any atom is 0.0775 e. The van der Waals surface area contributed by atoms with Crippen molar-refractivity contribution in [2.75, 3.05) is 0 Å². The van der Waals surface area contributed by atoms with E-state index in [2.05, 4.69) is 89.5 Å². The van der Waals surface area contributed by atoms with Crippen LogP contribution in [0.4, 0.5) is 0 Å². The van der Waals surface area contributed by atoms with Crippen molar-refractivity contribution in [2.45, 2.75) is 59.6 Å². The zero-order valence-electron chi connectivity index (χ0n) is 20.7. The van der Waals surface area contributed by atoms with E-state index in [0.717, 1.165) is 6.42 Å². The fourth-order valence-electron chi connectivity index (χ4n) is 3.31. The molecule has 0 fully saturated rings. The summed E-state index contributed by atoms with van der Waals surface area (Å²) in [6, 6.07) is 25.5. The van der Waals surface area contributed by atoms with Gasteiger partial charge in [-0.1, -0.05) is 73.8 Å². The summed E-state index contributed by atoms with van der Waals surface area (Å²) in [6.45, 7) is 18.8. The van der Waals surface area contributed by atoms with Gasteiger partial charge in [0.25, 0.3) is 0 Å². The van der Waals surface area contributed by atoms with Crippen molar-refractivity contribution in [3.05, 3.63) is 77.9 Å². The van der Waals surface area contributed by atoms with E-state index < -0.39 is 16.1 Å². The number of fused-ring (bicyclic) bond motifs is 3. The third-order valence-corrected chi connectivity index (χ3v) is 9.15. The van der Waals surface area contributed by atoms with Gasteiger partial charge in [0.05, 0.1) is 8.07 Å². The van der Waals surface area contributed by atoms with Gasteiger partial charge in [-0.05, 0) is 6.42 Å². The second-order valence-electron chi connectivity index (χ2n) is 10.3. The molecule has 0 saturated heterocycles. The van der Waals surface area contributed by atoms with Crippen LogP contribution in [0.2, 0.25) is 39.3 Å². The zero-order valence-corrected chi connectivity index (χ0v) is 26.7. The summed E-state index contributed by atoms with van der Waals surface area (Å²) in [6.07, 6.45) is 1.06. The Morgan fingerprint density at radius 1 is 0.844 bits per heavy atom. The molecular weight excluding hydrogens is 543 g/mol. The third-order valence-electron chi connectivity index (χ3n) is 5.08. The molecule has 0 saturated carbocycles. The van der Waals surface area contributed by atoms with Crippen LogP contribution in [0.1, 0.15) is 25.0 Å². The molecule has 5 heteroatoms. The monoisotopic (exact) mass is 576 g/mol. The summed E-state index contributed by atoms with van der Waals surface area (Å²) in [5, 5.41) is 3.08. The SMILES string of the molecule is C[C](C)=[Zr+2].C[Si](C)(C)c1c[c-]c2c(c1)-c1cc([Si](C)(C)C)ccc1C2.[Cl-].[Cl-].c1cc[cH-]c1. The fourth-order valence-corrected chi connectivity index (χ4v) is 5.55. The van der Waals surface area contributed by atoms with Crippen molar-refractivity contribution >= 4 is 29.7 Å². The van der Waals surface area contributed by atoms with E-state index in [-0.39, 0.29) is 24.8 Å². The summed E-state index contributed by atoms with van der Waals surface area (Å²) >= 11 is 1.55. The van der Waals surface area contributed by atoms with E-state index in [0.29, 0.717) is 0 Å². The molecule has 3 aromatic carbocycles. The van der Waals surface area contributed by atoms with Gasteiger partial charge >= 0.3 is 41.3 Å². The molecular formula is C27H36Cl2Si2Zr-2. The molecule has 0 atom stereocenters. The first-order chi connectivity index (χ1) is 13.9. The van der Waals surface area contributed by atoms with Crippen LogP contribution in [-0.2, 0) is 30.7 Å². The molecule has 0 aromatic heterocycles. The molecule has 0 N–H and O–H groups in total. The molecule has 0 nitrogen and oxygen atoms in total. The molecule has 172 valence electrons. The van der Waals surface area contributed by atoms with E-state index in [1.54, 1.807) is 29.4 Å². The first-order valence-corrected chi connectivity index (χ1v) is 19.0. The average Bonchev–Trinajstić information content (AvgIpc) is 3.30. The third kappa shape index (κ3) is 9.43. The van der Waals surface area contributed by atoms with Crippen LogP contribution in [0.15, 0.2) is 60.7 Å². The van der Waals surface area contributed by atoms with E-state index in [4.69, 9.17) is 0 Å². The van der Waals surface area contributed by atoms with Crippen LogP contribution >= 0.6 is 0 Å². The van der Waals surface area contributed by atoms with Crippen LogP contribution in [0.3, 0.4) is 0 Å². The van der Waals surface area contributed by atoms with Gasteiger partial charge in [-0.15, -0.1) is 5.56 Å². The minimum atomic E-state index is -1.27. The Bertz CT molecular complexity index is 899. The van der Waals surface area contributed by atoms with Gasteiger partial charge < -0.3 is 24.8 Å². The Morgan fingerprint density at radius 3 is 1.78 bits per heavy atom. The second kappa shape index (κ2) is 13.4. The van der Waals surface area contributed by atoms with Crippen LogP contribution < -0.4 is 35.2 Å². The fraction of sp³-hybridized carbons (Fsp3) is 0.333. The van der Waals surface area contributed by atoms with E-state index >= 15 is 0 Å². The topological polar surface area (TPSA) is 0 Å². The van der Waals surface area contributed by atoms with Gasteiger partial charge in [0.2, 0.25) is 0 Å². The Kier molecular flexibility index (Phi) is 13.3. The predicted molar refractivity (Wildman–Crippen MR) is 138 cm³/mol. The van der Waals surface area contributed by atoms with Crippen molar-refractivity contribution in [2.24, 2.45) is 0 Å². The maximum atomic E-state index is 3.58. The van der Waals surface area contributed by atoms with Crippen LogP contribution in [-0.4, -0.2) is 19.4 Å². The Balaban J connectivity index is 0.000000739. The number of rotatable bonds is 2. The molecule has 0 aliphatic heterocycles. The summed E-state index contributed by atoms with van der Waals surface area (Å²) in [7, 11) is -2.52. The first kappa shape index (κ1) is 31.6. The molecule has 4 rings (SSSR count).